The number of phenolic OH excluding ortho intramolecular Hbond substituents is 1. The van der Waals surface area contributed by atoms with Crippen LogP contribution < -0.4 is 10.5 Å². The van der Waals surface area contributed by atoms with Gasteiger partial charge in [-0.25, -0.2) is 8.42 Å². The molecular weight excluding hydrogens is 398 g/mol. The van der Waals surface area contributed by atoms with E-state index < -0.39 is 9.84 Å². The van der Waals surface area contributed by atoms with Gasteiger partial charge in [-0.1, -0.05) is 57.6 Å². The van der Waals surface area contributed by atoms with Gasteiger partial charge >= 0.3 is 0 Å². The van der Waals surface area contributed by atoms with Crippen LogP contribution in [0.3, 0.4) is 0 Å². The van der Waals surface area contributed by atoms with E-state index in [4.69, 9.17) is 10.5 Å². The maximum absolute atomic E-state index is 12.7. The summed E-state index contributed by atoms with van der Waals surface area (Å²) in [4.78, 5) is 0.0106. The summed E-state index contributed by atoms with van der Waals surface area (Å²) in [7, 11) is -3.78. The van der Waals surface area contributed by atoms with Gasteiger partial charge in [0, 0.05) is 6.04 Å². The molecule has 0 amide bonds. The van der Waals surface area contributed by atoms with Crippen molar-refractivity contribution in [3.63, 3.8) is 0 Å². The lowest BCUT2D eigenvalue weighted by Crippen LogP contribution is -2.27. The molecule has 2 aromatic rings. The lowest BCUT2D eigenvalue weighted by atomic mass is 10.0. The average molecular weight is 434 g/mol. The van der Waals surface area contributed by atoms with E-state index in [0.717, 1.165) is 19.3 Å². The van der Waals surface area contributed by atoms with Crippen LogP contribution in [-0.2, 0) is 9.84 Å². The van der Waals surface area contributed by atoms with Crippen molar-refractivity contribution < 1.29 is 18.3 Å². The fourth-order valence-corrected chi connectivity index (χ4v) is 4.87. The third kappa shape index (κ3) is 7.33. The van der Waals surface area contributed by atoms with Crippen LogP contribution in [0.2, 0.25) is 0 Å². The third-order valence-electron chi connectivity index (χ3n) is 5.19. The summed E-state index contributed by atoms with van der Waals surface area (Å²) < 4.78 is 31.3. The molecule has 2 rings (SSSR count). The van der Waals surface area contributed by atoms with Gasteiger partial charge in [0.25, 0.3) is 0 Å². The van der Waals surface area contributed by atoms with Gasteiger partial charge in [0.2, 0.25) is 9.84 Å². The molecular formula is C24H35NO4S. The van der Waals surface area contributed by atoms with Crippen molar-refractivity contribution in [2.45, 2.75) is 87.2 Å². The molecule has 0 aromatic heterocycles. The molecule has 0 aliphatic carbocycles. The number of ether oxygens (including phenoxy) is 1. The summed E-state index contributed by atoms with van der Waals surface area (Å²) in [6, 6.07) is 12.3. The van der Waals surface area contributed by atoms with E-state index in [0.29, 0.717) is 5.75 Å². The van der Waals surface area contributed by atoms with Gasteiger partial charge in [0.15, 0.2) is 0 Å². The zero-order valence-corrected chi connectivity index (χ0v) is 18.9. The smallest absolute Gasteiger partial charge is 0.210 e. The number of rotatable bonds is 13. The molecule has 0 radical (unpaired) electrons. The summed E-state index contributed by atoms with van der Waals surface area (Å²) in [5, 5.41) is 9.86. The van der Waals surface area contributed by atoms with Crippen LogP contribution in [0.1, 0.15) is 65.2 Å². The molecule has 2 unspecified atom stereocenters. The number of sulfone groups is 1. The molecule has 30 heavy (non-hydrogen) atoms. The molecule has 0 aliphatic heterocycles. The maximum Gasteiger partial charge on any atom is 0.210 e. The number of aromatic hydroxyl groups is 1. The van der Waals surface area contributed by atoms with Gasteiger partial charge < -0.3 is 15.6 Å². The number of hydrogen-bond acceptors (Lipinski definition) is 5. The molecule has 3 N–H and O–H groups in total. The summed E-state index contributed by atoms with van der Waals surface area (Å²) in [6.07, 6.45) is 9.24. The van der Waals surface area contributed by atoms with Crippen LogP contribution in [0, 0.1) is 0 Å². The van der Waals surface area contributed by atoms with Gasteiger partial charge in [-0.15, -0.1) is 0 Å². The highest BCUT2D eigenvalue weighted by Crippen LogP contribution is 2.29. The monoisotopic (exact) mass is 433 g/mol. The molecule has 0 fully saturated rings. The number of hydrogen-bond donors (Lipinski definition) is 2. The zero-order chi connectivity index (χ0) is 22.0. The molecule has 0 aliphatic rings. The molecule has 6 heteroatoms. The second kappa shape index (κ2) is 12.0. The Bertz CT molecular complexity index is 865. The Balaban J connectivity index is 1.84. The molecule has 5 nitrogen and oxygen atoms in total. The Labute approximate surface area is 181 Å². The topological polar surface area (TPSA) is 89.6 Å². The second-order valence-corrected chi connectivity index (χ2v) is 9.84. The lowest BCUT2D eigenvalue weighted by molar-refractivity contribution is 0.198. The lowest BCUT2D eigenvalue weighted by Gasteiger charge is -2.19. The Hall–Kier alpha value is -2.05. The van der Waals surface area contributed by atoms with Crippen LogP contribution in [0.4, 0.5) is 0 Å². The third-order valence-corrected chi connectivity index (χ3v) is 7.01. The van der Waals surface area contributed by atoms with Gasteiger partial charge in [-0.2, -0.15) is 0 Å². The predicted octanol–water partition coefficient (Wildman–Crippen LogP) is 5.46. The van der Waals surface area contributed by atoms with Gasteiger partial charge in [0.1, 0.15) is 16.4 Å². The van der Waals surface area contributed by atoms with E-state index in [-0.39, 0.29) is 27.7 Å². The average Bonchev–Trinajstić information content (AvgIpc) is 2.71. The second-order valence-electron chi connectivity index (χ2n) is 7.92. The van der Waals surface area contributed by atoms with E-state index in [1.54, 1.807) is 24.3 Å². The predicted molar refractivity (Wildman–Crippen MR) is 121 cm³/mol. The number of benzene rings is 2. The summed E-state index contributed by atoms with van der Waals surface area (Å²) in [5.41, 5.74) is 6.25. The van der Waals surface area contributed by atoms with Crippen molar-refractivity contribution in [2.75, 3.05) is 0 Å². The van der Waals surface area contributed by atoms with Crippen molar-refractivity contribution >= 4 is 9.84 Å². The standard InChI is InChI=1S/C24H35NO4S/c1-3-4-5-6-7-8-11-20(25)18-19(2)29-21-14-16-22(17-15-21)30(27,28)24-13-10-9-12-23(24)26/h9-10,12-17,19-20,26H,3-8,11,18,25H2,1-2H3. The SMILES string of the molecule is CCCCCCCCC(N)CC(C)Oc1ccc(S(=O)(=O)c2ccccc2O)cc1. The van der Waals surface area contributed by atoms with E-state index >= 15 is 0 Å². The van der Waals surface area contributed by atoms with Gasteiger partial charge in [-0.3, -0.25) is 0 Å². The quantitative estimate of drug-likeness (QED) is 0.409. The minimum Gasteiger partial charge on any atom is -0.507 e. The van der Waals surface area contributed by atoms with E-state index in [2.05, 4.69) is 6.92 Å². The highest BCUT2D eigenvalue weighted by Gasteiger charge is 2.21. The first-order valence-corrected chi connectivity index (χ1v) is 12.4. The van der Waals surface area contributed by atoms with E-state index in [1.807, 2.05) is 6.92 Å². The minimum absolute atomic E-state index is 0.0549. The van der Waals surface area contributed by atoms with Crippen LogP contribution >= 0.6 is 0 Å². The number of phenols is 1. The fraction of sp³-hybridized carbons (Fsp3) is 0.500. The Morgan fingerprint density at radius 2 is 1.60 bits per heavy atom. The van der Waals surface area contributed by atoms with E-state index in [1.165, 1.54) is 56.4 Å². The molecule has 0 saturated heterocycles. The summed E-state index contributed by atoms with van der Waals surface area (Å²) in [6.45, 7) is 4.20. The highest BCUT2D eigenvalue weighted by atomic mass is 32.2. The number of para-hydroxylation sites is 1. The molecule has 0 heterocycles. The highest BCUT2D eigenvalue weighted by molar-refractivity contribution is 7.91. The van der Waals surface area contributed by atoms with Crippen molar-refractivity contribution in [3.05, 3.63) is 48.5 Å². The molecule has 0 spiro atoms. The Kier molecular flexibility index (Phi) is 9.66. The van der Waals surface area contributed by atoms with Crippen molar-refractivity contribution in [1.29, 1.82) is 0 Å². The fourth-order valence-electron chi connectivity index (χ4n) is 3.52. The van der Waals surface area contributed by atoms with Crippen LogP contribution in [0.15, 0.2) is 58.3 Å². The number of unbranched alkanes of at least 4 members (excludes halogenated alkanes) is 5. The van der Waals surface area contributed by atoms with Crippen LogP contribution in [0.25, 0.3) is 0 Å². The maximum atomic E-state index is 12.7. The molecule has 0 bridgehead atoms. The molecule has 0 saturated carbocycles. The first-order chi connectivity index (χ1) is 14.3. The molecule has 2 aromatic carbocycles. The first kappa shape index (κ1) is 24.2. The van der Waals surface area contributed by atoms with Crippen molar-refractivity contribution in [3.8, 4) is 11.5 Å². The minimum atomic E-state index is -3.78. The summed E-state index contributed by atoms with van der Waals surface area (Å²) in [5.74, 6) is 0.344. The zero-order valence-electron chi connectivity index (χ0n) is 18.1. The Morgan fingerprint density at radius 3 is 2.27 bits per heavy atom. The van der Waals surface area contributed by atoms with Gasteiger partial charge in [0.05, 0.1) is 11.0 Å². The van der Waals surface area contributed by atoms with Crippen LogP contribution in [-0.4, -0.2) is 25.7 Å². The van der Waals surface area contributed by atoms with Crippen LogP contribution in [0.5, 0.6) is 11.5 Å². The van der Waals surface area contributed by atoms with E-state index in [9.17, 15) is 13.5 Å². The largest absolute Gasteiger partial charge is 0.507 e. The number of nitrogens with two attached hydrogens (primary N) is 1. The molecule has 166 valence electrons. The van der Waals surface area contributed by atoms with Gasteiger partial charge in [-0.05, 0) is 56.2 Å². The summed E-state index contributed by atoms with van der Waals surface area (Å²) >= 11 is 0. The Morgan fingerprint density at radius 1 is 0.967 bits per heavy atom. The van der Waals surface area contributed by atoms with Crippen molar-refractivity contribution in [1.82, 2.24) is 0 Å². The molecule has 2 atom stereocenters. The van der Waals surface area contributed by atoms with Crippen molar-refractivity contribution in [2.24, 2.45) is 5.73 Å². The normalized spacial score (nSPS) is 13.7. The first-order valence-electron chi connectivity index (χ1n) is 10.9.